The molecule has 0 bridgehead atoms. The molecule has 1 atom stereocenters. The maximum Gasteiger partial charge on any atom is 0.471 e. The molecule has 2 aromatic rings. The van der Waals surface area contributed by atoms with Crippen LogP contribution in [0.25, 0.3) is 0 Å². The van der Waals surface area contributed by atoms with Gasteiger partial charge in [-0.15, -0.1) is 0 Å². The van der Waals surface area contributed by atoms with Crippen LogP contribution in [-0.2, 0) is 17.6 Å². The summed E-state index contributed by atoms with van der Waals surface area (Å²) in [6, 6.07) is 11.8. The van der Waals surface area contributed by atoms with Gasteiger partial charge in [0.15, 0.2) is 0 Å². The van der Waals surface area contributed by atoms with Crippen molar-refractivity contribution in [2.45, 2.75) is 25.1 Å². The molecule has 7 heteroatoms. The van der Waals surface area contributed by atoms with Crippen LogP contribution in [0.2, 0.25) is 0 Å². The molecule has 0 saturated carbocycles. The summed E-state index contributed by atoms with van der Waals surface area (Å²) in [7, 11) is 1.54. The van der Waals surface area contributed by atoms with Crippen molar-refractivity contribution in [2.75, 3.05) is 13.7 Å². The number of amides is 1. The Morgan fingerprint density at radius 2 is 1.88 bits per heavy atom. The van der Waals surface area contributed by atoms with Crippen LogP contribution in [0.5, 0.6) is 5.75 Å². The molecule has 3 rings (SSSR count). The third-order valence-corrected chi connectivity index (χ3v) is 5.19. The van der Waals surface area contributed by atoms with E-state index < -0.39 is 18.1 Å². The van der Waals surface area contributed by atoms with Gasteiger partial charge in [-0.3, -0.25) is 4.79 Å². The lowest BCUT2D eigenvalue weighted by Gasteiger charge is -2.31. The zero-order valence-electron chi connectivity index (χ0n) is 14.0. The fourth-order valence-electron chi connectivity index (χ4n) is 3.31. The maximum atomic E-state index is 13.1. The molecule has 0 aromatic heterocycles. The molecule has 0 N–H and O–H groups in total. The molecule has 0 saturated heterocycles. The lowest BCUT2D eigenvalue weighted by molar-refractivity contribution is -0.188. The quantitative estimate of drug-likeness (QED) is 0.695. The number of halogens is 4. The first kappa shape index (κ1) is 18.8. The van der Waals surface area contributed by atoms with E-state index in [1.807, 2.05) is 12.1 Å². The Hall–Kier alpha value is -2.02. The molecule has 1 aliphatic heterocycles. The minimum absolute atomic E-state index is 0.00364. The Balaban J connectivity index is 2.06. The summed E-state index contributed by atoms with van der Waals surface area (Å²) >= 11 is 3.41. The van der Waals surface area contributed by atoms with Crippen molar-refractivity contribution in [3.05, 3.63) is 63.6 Å². The van der Waals surface area contributed by atoms with E-state index in [1.165, 1.54) is 7.11 Å². The average Bonchev–Trinajstić information content (AvgIpc) is 2.79. The number of hydrogen-bond acceptors (Lipinski definition) is 2. The Morgan fingerprint density at radius 3 is 2.50 bits per heavy atom. The van der Waals surface area contributed by atoms with E-state index in [-0.39, 0.29) is 6.54 Å². The first-order chi connectivity index (χ1) is 12.3. The van der Waals surface area contributed by atoms with Gasteiger partial charge in [0.25, 0.3) is 0 Å². The summed E-state index contributed by atoms with van der Waals surface area (Å²) in [6.07, 6.45) is -4.25. The Bertz CT molecular complexity index is 808. The average molecular weight is 428 g/mol. The van der Waals surface area contributed by atoms with Crippen LogP contribution in [0.4, 0.5) is 13.2 Å². The molecule has 0 radical (unpaired) electrons. The molecule has 26 heavy (non-hydrogen) atoms. The van der Waals surface area contributed by atoms with Gasteiger partial charge in [0.1, 0.15) is 5.75 Å². The van der Waals surface area contributed by atoms with E-state index in [0.717, 1.165) is 20.5 Å². The second kappa shape index (κ2) is 7.31. The largest absolute Gasteiger partial charge is 0.496 e. The molecular weight excluding hydrogens is 411 g/mol. The first-order valence-corrected chi connectivity index (χ1v) is 8.88. The predicted molar refractivity (Wildman–Crippen MR) is 95.1 cm³/mol. The zero-order chi connectivity index (χ0) is 18.9. The van der Waals surface area contributed by atoms with Crippen LogP contribution in [-0.4, -0.2) is 30.6 Å². The van der Waals surface area contributed by atoms with Gasteiger partial charge < -0.3 is 9.64 Å². The number of rotatable bonds is 2. The molecule has 3 nitrogen and oxygen atoms in total. The standard InChI is InChI=1S/C19H17BrF3NO2/c1-26-17-11-14-10-16(12-5-3-2-4-6-12)24(18(25)19(21,22)23)8-7-13(14)9-15(17)20/h2-6,9,11,16H,7-8,10H2,1H3. The highest BCUT2D eigenvalue weighted by Gasteiger charge is 2.45. The number of ether oxygens (including phenoxy) is 1. The van der Waals surface area contributed by atoms with Gasteiger partial charge in [-0.1, -0.05) is 30.3 Å². The van der Waals surface area contributed by atoms with Crippen LogP contribution in [0.1, 0.15) is 22.7 Å². The van der Waals surface area contributed by atoms with E-state index in [9.17, 15) is 18.0 Å². The van der Waals surface area contributed by atoms with Crippen LogP contribution in [0.15, 0.2) is 46.9 Å². The van der Waals surface area contributed by atoms with Gasteiger partial charge >= 0.3 is 12.1 Å². The highest BCUT2D eigenvalue weighted by atomic mass is 79.9. The van der Waals surface area contributed by atoms with Gasteiger partial charge in [-0.25, -0.2) is 0 Å². The highest BCUT2D eigenvalue weighted by Crippen LogP contribution is 2.37. The minimum Gasteiger partial charge on any atom is -0.496 e. The number of hydrogen-bond donors (Lipinski definition) is 0. The van der Waals surface area contributed by atoms with E-state index in [1.54, 1.807) is 30.3 Å². The third-order valence-electron chi connectivity index (χ3n) is 4.57. The third kappa shape index (κ3) is 3.72. The second-order valence-corrected chi connectivity index (χ2v) is 6.99. The van der Waals surface area contributed by atoms with E-state index in [4.69, 9.17) is 4.74 Å². The van der Waals surface area contributed by atoms with Crippen molar-refractivity contribution in [3.8, 4) is 5.75 Å². The number of alkyl halides is 3. The van der Waals surface area contributed by atoms with E-state index in [2.05, 4.69) is 15.9 Å². The number of fused-ring (bicyclic) bond motifs is 1. The van der Waals surface area contributed by atoms with Gasteiger partial charge in [-0.05, 0) is 57.6 Å². The van der Waals surface area contributed by atoms with Gasteiger partial charge in [0.05, 0.1) is 17.6 Å². The fourth-order valence-corrected chi connectivity index (χ4v) is 3.86. The van der Waals surface area contributed by atoms with Crippen LogP contribution in [0.3, 0.4) is 0 Å². The van der Waals surface area contributed by atoms with Crippen molar-refractivity contribution in [1.82, 2.24) is 4.90 Å². The van der Waals surface area contributed by atoms with Gasteiger partial charge in [0.2, 0.25) is 0 Å². The van der Waals surface area contributed by atoms with Gasteiger partial charge in [-0.2, -0.15) is 13.2 Å². The predicted octanol–water partition coefficient (Wildman–Crippen LogP) is 4.69. The Kier molecular flexibility index (Phi) is 5.27. The smallest absolute Gasteiger partial charge is 0.471 e. The lowest BCUT2D eigenvalue weighted by atomic mass is 9.95. The summed E-state index contributed by atoms with van der Waals surface area (Å²) < 4.78 is 45.5. The zero-order valence-corrected chi connectivity index (χ0v) is 15.6. The number of carbonyl (C=O) groups excluding carboxylic acids is 1. The summed E-state index contributed by atoms with van der Waals surface area (Å²) in [5.41, 5.74) is 2.48. The minimum atomic E-state index is -4.90. The molecule has 1 unspecified atom stereocenters. The molecule has 1 amide bonds. The van der Waals surface area contributed by atoms with Crippen molar-refractivity contribution < 1.29 is 22.7 Å². The Labute approximate surface area is 157 Å². The Morgan fingerprint density at radius 1 is 1.19 bits per heavy atom. The molecule has 2 aromatic carbocycles. The summed E-state index contributed by atoms with van der Waals surface area (Å²) in [4.78, 5) is 13.0. The van der Waals surface area contributed by atoms with E-state index in [0.29, 0.717) is 24.2 Å². The molecule has 1 aliphatic rings. The van der Waals surface area contributed by atoms with Crippen molar-refractivity contribution in [1.29, 1.82) is 0 Å². The molecule has 0 aliphatic carbocycles. The molecule has 138 valence electrons. The highest BCUT2D eigenvalue weighted by molar-refractivity contribution is 9.10. The number of methoxy groups -OCH3 is 1. The SMILES string of the molecule is COc1cc2c(cc1Br)CCN(C(=O)C(F)(F)F)C(c1ccccc1)C2. The maximum absolute atomic E-state index is 13.1. The van der Waals surface area contributed by atoms with Crippen LogP contribution < -0.4 is 4.74 Å². The lowest BCUT2D eigenvalue weighted by Crippen LogP contribution is -2.44. The number of nitrogens with zero attached hydrogens (tertiary/aromatic N) is 1. The van der Waals surface area contributed by atoms with E-state index >= 15 is 0 Å². The molecular formula is C19H17BrF3NO2. The molecule has 1 heterocycles. The molecule has 0 spiro atoms. The number of carbonyl (C=O) groups is 1. The van der Waals surface area contributed by atoms with Gasteiger partial charge in [0, 0.05) is 6.54 Å². The fraction of sp³-hybridized carbons (Fsp3) is 0.316. The number of benzene rings is 2. The van der Waals surface area contributed by atoms with Crippen molar-refractivity contribution in [3.63, 3.8) is 0 Å². The monoisotopic (exact) mass is 427 g/mol. The second-order valence-electron chi connectivity index (χ2n) is 6.13. The van der Waals surface area contributed by atoms with Crippen LogP contribution >= 0.6 is 15.9 Å². The van der Waals surface area contributed by atoms with Crippen molar-refractivity contribution in [2.24, 2.45) is 0 Å². The topological polar surface area (TPSA) is 29.5 Å². The van der Waals surface area contributed by atoms with Crippen LogP contribution in [0, 0.1) is 0 Å². The normalized spacial score (nSPS) is 17.4. The van der Waals surface area contributed by atoms with Crippen molar-refractivity contribution >= 4 is 21.8 Å². The molecule has 0 fully saturated rings. The summed E-state index contributed by atoms with van der Waals surface area (Å²) in [5.74, 6) is -1.18. The summed E-state index contributed by atoms with van der Waals surface area (Å²) in [6.45, 7) is 0.00364. The first-order valence-electron chi connectivity index (χ1n) is 8.09. The summed E-state index contributed by atoms with van der Waals surface area (Å²) in [5, 5.41) is 0.